The summed E-state index contributed by atoms with van der Waals surface area (Å²) in [6.45, 7) is 5.13. The third-order valence-electron chi connectivity index (χ3n) is 6.73. The highest BCUT2D eigenvalue weighted by Crippen LogP contribution is 2.36. The van der Waals surface area contributed by atoms with Crippen LogP contribution < -0.4 is 4.74 Å². The lowest BCUT2D eigenvalue weighted by Crippen LogP contribution is -2.20. The SMILES string of the molecule is CCCCCCCc1ccc(OCCCC2CCCCC2CCC)c(C#N)c1C#N. The first kappa shape index (κ1) is 24.3. The smallest absolute Gasteiger partial charge is 0.138 e. The molecule has 0 N–H and O–H groups in total. The van der Waals surface area contributed by atoms with Gasteiger partial charge in [0.1, 0.15) is 23.5 Å². The first-order chi connectivity index (χ1) is 14.7. The fourth-order valence-corrected chi connectivity index (χ4v) is 5.06. The van der Waals surface area contributed by atoms with E-state index in [0.29, 0.717) is 23.5 Å². The lowest BCUT2D eigenvalue weighted by Gasteiger charge is -2.31. The molecule has 0 bridgehead atoms. The lowest BCUT2D eigenvalue weighted by atomic mass is 9.75. The van der Waals surface area contributed by atoms with E-state index in [1.807, 2.05) is 12.1 Å². The van der Waals surface area contributed by atoms with Crippen molar-refractivity contribution in [2.45, 2.75) is 104 Å². The predicted octanol–water partition coefficient (Wildman–Crippen LogP) is 7.71. The standard InChI is InChI=1S/C27H40N2O/c1-3-5-6-7-8-15-24-17-18-27(26(21-29)25(24)20-28)30-19-11-16-23-14-10-9-13-22(23)12-4-2/h17-18,22-23H,3-16,19H2,1-2H3. The van der Waals surface area contributed by atoms with Crippen molar-refractivity contribution in [2.24, 2.45) is 11.8 Å². The molecule has 1 fully saturated rings. The molecule has 1 aromatic rings. The van der Waals surface area contributed by atoms with E-state index in [1.165, 1.54) is 70.6 Å². The zero-order chi connectivity index (χ0) is 21.6. The Balaban J connectivity index is 1.89. The summed E-state index contributed by atoms with van der Waals surface area (Å²) in [5.41, 5.74) is 1.92. The van der Waals surface area contributed by atoms with Gasteiger partial charge in [-0.1, -0.05) is 84.1 Å². The van der Waals surface area contributed by atoms with Gasteiger partial charge in [-0.2, -0.15) is 10.5 Å². The Hall–Kier alpha value is -2.00. The second-order valence-electron chi connectivity index (χ2n) is 8.94. The Kier molecular flexibility index (Phi) is 11.4. The van der Waals surface area contributed by atoms with Gasteiger partial charge in [0.25, 0.3) is 0 Å². The molecule has 2 atom stereocenters. The van der Waals surface area contributed by atoms with Crippen LogP contribution in [-0.2, 0) is 6.42 Å². The van der Waals surface area contributed by atoms with Crippen LogP contribution in [0.3, 0.4) is 0 Å². The fourth-order valence-electron chi connectivity index (χ4n) is 5.06. The molecule has 1 saturated carbocycles. The van der Waals surface area contributed by atoms with Crippen molar-refractivity contribution in [3.8, 4) is 17.9 Å². The topological polar surface area (TPSA) is 56.8 Å². The van der Waals surface area contributed by atoms with Gasteiger partial charge in [-0.05, 0) is 49.1 Å². The second-order valence-corrected chi connectivity index (χ2v) is 8.94. The summed E-state index contributed by atoms with van der Waals surface area (Å²) in [7, 11) is 0. The third-order valence-corrected chi connectivity index (χ3v) is 6.73. The number of nitriles is 2. The molecule has 3 heteroatoms. The van der Waals surface area contributed by atoms with Gasteiger partial charge < -0.3 is 4.74 Å². The molecule has 3 nitrogen and oxygen atoms in total. The average Bonchev–Trinajstić information content (AvgIpc) is 2.77. The molecule has 1 aromatic carbocycles. The Morgan fingerprint density at radius 1 is 0.833 bits per heavy atom. The molecular formula is C27H40N2O. The minimum Gasteiger partial charge on any atom is -0.492 e. The summed E-state index contributed by atoms with van der Waals surface area (Å²) < 4.78 is 6.00. The number of unbranched alkanes of at least 4 members (excludes halogenated alkanes) is 4. The first-order valence-electron chi connectivity index (χ1n) is 12.3. The van der Waals surface area contributed by atoms with Crippen molar-refractivity contribution in [1.82, 2.24) is 0 Å². The van der Waals surface area contributed by atoms with E-state index in [-0.39, 0.29) is 0 Å². The number of aryl methyl sites for hydroxylation is 1. The van der Waals surface area contributed by atoms with Crippen molar-refractivity contribution in [3.05, 3.63) is 28.8 Å². The first-order valence-corrected chi connectivity index (χ1v) is 12.3. The van der Waals surface area contributed by atoms with Gasteiger partial charge in [0.05, 0.1) is 12.2 Å². The molecule has 0 aliphatic heterocycles. The van der Waals surface area contributed by atoms with Crippen molar-refractivity contribution in [2.75, 3.05) is 6.61 Å². The van der Waals surface area contributed by atoms with Gasteiger partial charge in [-0.15, -0.1) is 0 Å². The molecule has 1 aliphatic carbocycles. The van der Waals surface area contributed by atoms with Crippen LogP contribution in [-0.4, -0.2) is 6.61 Å². The largest absolute Gasteiger partial charge is 0.492 e. The summed E-state index contributed by atoms with van der Waals surface area (Å²) in [4.78, 5) is 0. The zero-order valence-electron chi connectivity index (χ0n) is 19.2. The summed E-state index contributed by atoms with van der Waals surface area (Å²) in [6, 6.07) is 8.40. The van der Waals surface area contributed by atoms with Crippen molar-refractivity contribution in [3.63, 3.8) is 0 Å². The normalized spacial score (nSPS) is 18.5. The molecule has 0 aromatic heterocycles. The summed E-state index contributed by atoms with van der Waals surface area (Å²) in [5, 5.41) is 19.3. The maximum absolute atomic E-state index is 9.67. The maximum atomic E-state index is 9.67. The predicted molar refractivity (Wildman–Crippen MR) is 123 cm³/mol. The minimum absolute atomic E-state index is 0.421. The van der Waals surface area contributed by atoms with E-state index in [4.69, 9.17) is 4.74 Å². The maximum Gasteiger partial charge on any atom is 0.138 e. The van der Waals surface area contributed by atoms with Gasteiger partial charge in [0.15, 0.2) is 0 Å². The van der Waals surface area contributed by atoms with Crippen LogP contribution in [0.4, 0.5) is 0 Å². The monoisotopic (exact) mass is 408 g/mol. The van der Waals surface area contributed by atoms with Crippen molar-refractivity contribution >= 4 is 0 Å². The molecule has 2 rings (SSSR count). The number of benzene rings is 1. The molecule has 0 radical (unpaired) electrons. The molecule has 30 heavy (non-hydrogen) atoms. The van der Waals surface area contributed by atoms with E-state index in [0.717, 1.165) is 36.7 Å². The van der Waals surface area contributed by atoms with E-state index in [2.05, 4.69) is 26.0 Å². The number of hydrogen-bond donors (Lipinski definition) is 0. The minimum atomic E-state index is 0.421. The van der Waals surface area contributed by atoms with Crippen LogP contribution >= 0.6 is 0 Å². The lowest BCUT2D eigenvalue weighted by molar-refractivity contribution is 0.193. The highest BCUT2D eigenvalue weighted by Gasteiger charge is 2.24. The summed E-state index contributed by atoms with van der Waals surface area (Å²) in [5.74, 6) is 2.31. The number of rotatable bonds is 13. The number of ether oxygens (including phenoxy) is 1. The van der Waals surface area contributed by atoms with Crippen LogP contribution in [0.25, 0.3) is 0 Å². The highest BCUT2D eigenvalue weighted by molar-refractivity contribution is 5.57. The van der Waals surface area contributed by atoms with Crippen LogP contribution in [0.15, 0.2) is 12.1 Å². The highest BCUT2D eigenvalue weighted by atomic mass is 16.5. The zero-order valence-corrected chi connectivity index (χ0v) is 19.2. The van der Waals surface area contributed by atoms with Crippen LogP contribution in [0.2, 0.25) is 0 Å². The summed E-state index contributed by atoms with van der Waals surface area (Å²) in [6.07, 6.45) is 17.2. The fraction of sp³-hybridized carbons (Fsp3) is 0.704. The Labute approximate surface area is 184 Å². The Bertz CT molecular complexity index is 711. The molecule has 0 spiro atoms. The van der Waals surface area contributed by atoms with Crippen molar-refractivity contribution in [1.29, 1.82) is 10.5 Å². The van der Waals surface area contributed by atoms with Gasteiger partial charge in [-0.25, -0.2) is 0 Å². The Morgan fingerprint density at radius 2 is 1.53 bits per heavy atom. The van der Waals surface area contributed by atoms with E-state index in [9.17, 15) is 10.5 Å². The number of nitrogens with zero attached hydrogens (tertiary/aromatic N) is 2. The van der Waals surface area contributed by atoms with E-state index in [1.54, 1.807) is 0 Å². The van der Waals surface area contributed by atoms with Gasteiger partial charge in [-0.3, -0.25) is 0 Å². The second kappa shape index (κ2) is 14.1. The summed E-state index contributed by atoms with van der Waals surface area (Å²) >= 11 is 0. The molecule has 1 aliphatic rings. The quantitative estimate of drug-likeness (QED) is 0.314. The molecule has 0 amide bonds. The van der Waals surface area contributed by atoms with Gasteiger partial charge in [0.2, 0.25) is 0 Å². The van der Waals surface area contributed by atoms with E-state index >= 15 is 0 Å². The van der Waals surface area contributed by atoms with Crippen molar-refractivity contribution < 1.29 is 4.74 Å². The molecule has 0 saturated heterocycles. The van der Waals surface area contributed by atoms with Crippen LogP contribution in [0.5, 0.6) is 5.75 Å². The average molecular weight is 409 g/mol. The molecular weight excluding hydrogens is 368 g/mol. The number of hydrogen-bond acceptors (Lipinski definition) is 3. The third kappa shape index (κ3) is 7.36. The molecule has 2 unspecified atom stereocenters. The van der Waals surface area contributed by atoms with Crippen LogP contribution in [0, 0.1) is 34.5 Å². The molecule has 0 heterocycles. The van der Waals surface area contributed by atoms with Gasteiger partial charge in [0, 0.05) is 0 Å². The van der Waals surface area contributed by atoms with Gasteiger partial charge >= 0.3 is 0 Å². The van der Waals surface area contributed by atoms with Crippen LogP contribution in [0.1, 0.15) is 114 Å². The Morgan fingerprint density at radius 3 is 2.20 bits per heavy atom. The molecule has 164 valence electrons. The van der Waals surface area contributed by atoms with E-state index < -0.39 is 0 Å².